The molecule has 0 aliphatic heterocycles. The lowest BCUT2D eigenvalue weighted by Crippen LogP contribution is -2.26. The molecule has 1 aromatic carbocycles. The molecular formula is C14H19N3O. The summed E-state index contributed by atoms with van der Waals surface area (Å²) in [6, 6.07) is 7.87. The van der Waals surface area contributed by atoms with Crippen LogP contribution in [0.15, 0.2) is 30.5 Å². The van der Waals surface area contributed by atoms with Crippen molar-refractivity contribution in [3.8, 4) is 0 Å². The SMILES string of the molecule is CC(C)CC(CO)Nc1ncc2ccccc2n1. The Bertz CT molecular complexity index is 513. The van der Waals surface area contributed by atoms with Gasteiger partial charge in [-0.1, -0.05) is 32.0 Å². The molecule has 0 radical (unpaired) electrons. The Hall–Kier alpha value is -1.68. The maximum absolute atomic E-state index is 9.33. The number of hydrogen-bond donors (Lipinski definition) is 2. The average Bonchev–Trinajstić information content (AvgIpc) is 2.37. The predicted molar refractivity (Wildman–Crippen MR) is 73.5 cm³/mol. The second-order valence-electron chi connectivity index (χ2n) is 4.91. The van der Waals surface area contributed by atoms with Crippen LogP contribution in [0.25, 0.3) is 10.9 Å². The lowest BCUT2D eigenvalue weighted by atomic mass is 10.0. The highest BCUT2D eigenvalue weighted by Crippen LogP contribution is 2.14. The first-order valence-electron chi connectivity index (χ1n) is 6.28. The summed E-state index contributed by atoms with van der Waals surface area (Å²) in [5.41, 5.74) is 0.913. The number of benzene rings is 1. The molecule has 0 amide bonds. The zero-order valence-corrected chi connectivity index (χ0v) is 10.8. The van der Waals surface area contributed by atoms with Crippen molar-refractivity contribution >= 4 is 16.9 Å². The van der Waals surface area contributed by atoms with Gasteiger partial charge in [-0.15, -0.1) is 0 Å². The summed E-state index contributed by atoms with van der Waals surface area (Å²) in [6.07, 6.45) is 2.70. The van der Waals surface area contributed by atoms with Crippen molar-refractivity contribution in [3.63, 3.8) is 0 Å². The fourth-order valence-corrected chi connectivity index (χ4v) is 1.97. The van der Waals surface area contributed by atoms with Crippen molar-refractivity contribution in [2.75, 3.05) is 11.9 Å². The number of nitrogens with one attached hydrogen (secondary N) is 1. The van der Waals surface area contributed by atoms with Gasteiger partial charge >= 0.3 is 0 Å². The molecule has 0 aliphatic carbocycles. The van der Waals surface area contributed by atoms with Crippen LogP contribution in [0.2, 0.25) is 0 Å². The fraction of sp³-hybridized carbons (Fsp3) is 0.429. The van der Waals surface area contributed by atoms with Crippen LogP contribution in [-0.4, -0.2) is 27.7 Å². The monoisotopic (exact) mass is 245 g/mol. The third-order valence-electron chi connectivity index (χ3n) is 2.80. The highest BCUT2D eigenvalue weighted by Gasteiger charge is 2.11. The van der Waals surface area contributed by atoms with E-state index in [9.17, 15) is 5.11 Å². The Morgan fingerprint density at radius 2 is 2.06 bits per heavy atom. The quantitative estimate of drug-likeness (QED) is 0.849. The largest absolute Gasteiger partial charge is 0.394 e. The molecule has 96 valence electrons. The van der Waals surface area contributed by atoms with Gasteiger partial charge in [0.25, 0.3) is 0 Å². The van der Waals surface area contributed by atoms with Crippen molar-refractivity contribution in [1.29, 1.82) is 0 Å². The van der Waals surface area contributed by atoms with E-state index in [-0.39, 0.29) is 12.6 Å². The van der Waals surface area contributed by atoms with Crippen LogP contribution in [0.5, 0.6) is 0 Å². The first-order valence-corrected chi connectivity index (χ1v) is 6.28. The summed E-state index contributed by atoms with van der Waals surface area (Å²) in [7, 11) is 0. The summed E-state index contributed by atoms with van der Waals surface area (Å²) in [5.74, 6) is 1.10. The summed E-state index contributed by atoms with van der Waals surface area (Å²) in [6.45, 7) is 4.35. The van der Waals surface area contributed by atoms with Gasteiger partial charge in [0.05, 0.1) is 18.2 Å². The number of anilines is 1. The van der Waals surface area contributed by atoms with Gasteiger partial charge in [-0.25, -0.2) is 9.97 Å². The number of hydrogen-bond acceptors (Lipinski definition) is 4. The molecule has 2 aromatic rings. The van der Waals surface area contributed by atoms with E-state index in [4.69, 9.17) is 0 Å². The number of fused-ring (bicyclic) bond motifs is 1. The van der Waals surface area contributed by atoms with Crippen LogP contribution < -0.4 is 5.32 Å². The van der Waals surface area contributed by atoms with Crippen LogP contribution >= 0.6 is 0 Å². The van der Waals surface area contributed by atoms with Gasteiger partial charge in [0.15, 0.2) is 0 Å². The summed E-state index contributed by atoms with van der Waals surface area (Å²) in [4.78, 5) is 8.71. The predicted octanol–water partition coefficient (Wildman–Crippen LogP) is 2.45. The van der Waals surface area contributed by atoms with E-state index in [1.54, 1.807) is 6.20 Å². The van der Waals surface area contributed by atoms with Gasteiger partial charge < -0.3 is 10.4 Å². The maximum Gasteiger partial charge on any atom is 0.223 e. The average molecular weight is 245 g/mol. The van der Waals surface area contributed by atoms with Crippen LogP contribution in [-0.2, 0) is 0 Å². The topological polar surface area (TPSA) is 58.0 Å². The Labute approximate surface area is 107 Å². The number of nitrogens with zero attached hydrogens (tertiary/aromatic N) is 2. The second kappa shape index (κ2) is 5.78. The molecule has 0 spiro atoms. The van der Waals surface area contributed by atoms with E-state index in [1.165, 1.54) is 0 Å². The lowest BCUT2D eigenvalue weighted by Gasteiger charge is -2.18. The maximum atomic E-state index is 9.33. The van der Waals surface area contributed by atoms with Crippen LogP contribution in [0.4, 0.5) is 5.95 Å². The summed E-state index contributed by atoms with van der Waals surface area (Å²) in [5, 5.41) is 13.5. The molecule has 0 saturated heterocycles. The van der Waals surface area contributed by atoms with E-state index in [2.05, 4.69) is 29.1 Å². The molecule has 18 heavy (non-hydrogen) atoms. The van der Waals surface area contributed by atoms with Gasteiger partial charge in [0, 0.05) is 11.6 Å². The number of rotatable bonds is 5. The van der Waals surface area contributed by atoms with E-state index >= 15 is 0 Å². The smallest absolute Gasteiger partial charge is 0.223 e. The highest BCUT2D eigenvalue weighted by molar-refractivity contribution is 5.78. The van der Waals surface area contributed by atoms with Gasteiger partial charge in [0.1, 0.15) is 0 Å². The molecule has 0 aliphatic rings. The molecule has 1 heterocycles. The number of aliphatic hydroxyl groups is 1. The zero-order valence-electron chi connectivity index (χ0n) is 10.8. The molecule has 2 rings (SSSR count). The standard InChI is InChI=1S/C14H19N3O/c1-10(2)7-12(9-18)16-14-15-8-11-5-3-4-6-13(11)17-14/h3-6,8,10,12,18H,7,9H2,1-2H3,(H,15,16,17). The van der Waals surface area contributed by atoms with Gasteiger partial charge in [0.2, 0.25) is 5.95 Å². The Balaban J connectivity index is 2.15. The molecule has 1 atom stereocenters. The molecule has 0 bridgehead atoms. The molecule has 0 saturated carbocycles. The second-order valence-corrected chi connectivity index (χ2v) is 4.91. The van der Waals surface area contributed by atoms with Crippen molar-refractivity contribution in [2.24, 2.45) is 5.92 Å². The van der Waals surface area contributed by atoms with Crippen molar-refractivity contribution in [3.05, 3.63) is 30.5 Å². The third kappa shape index (κ3) is 3.17. The molecule has 1 unspecified atom stereocenters. The van der Waals surface area contributed by atoms with Crippen molar-refractivity contribution in [1.82, 2.24) is 9.97 Å². The molecule has 4 heteroatoms. The number of para-hydroxylation sites is 1. The Morgan fingerprint density at radius 3 is 2.78 bits per heavy atom. The highest BCUT2D eigenvalue weighted by atomic mass is 16.3. The van der Waals surface area contributed by atoms with E-state index in [0.29, 0.717) is 11.9 Å². The minimum absolute atomic E-state index is 0.00571. The van der Waals surface area contributed by atoms with Gasteiger partial charge in [-0.3, -0.25) is 0 Å². The van der Waals surface area contributed by atoms with Crippen LogP contribution in [0, 0.1) is 5.92 Å². The van der Waals surface area contributed by atoms with Crippen LogP contribution in [0.1, 0.15) is 20.3 Å². The molecule has 0 fully saturated rings. The fourth-order valence-electron chi connectivity index (χ4n) is 1.97. The molecular weight excluding hydrogens is 226 g/mol. The molecule has 4 nitrogen and oxygen atoms in total. The summed E-state index contributed by atoms with van der Waals surface area (Å²) < 4.78 is 0. The van der Waals surface area contributed by atoms with E-state index < -0.39 is 0 Å². The zero-order chi connectivity index (χ0) is 13.0. The first kappa shape index (κ1) is 12.8. The molecule has 2 N–H and O–H groups in total. The third-order valence-corrected chi connectivity index (χ3v) is 2.80. The number of aliphatic hydroxyl groups excluding tert-OH is 1. The van der Waals surface area contributed by atoms with E-state index in [1.807, 2.05) is 24.3 Å². The van der Waals surface area contributed by atoms with Gasteiger partial charge in [-0.05, 0) is 18.4 Å². The summed E-state index contributed by atoms with van der Waals surface area (Å²) >= 11 is 0. The minimum Gasteiger partial charge on any atom is -0.394 e. The van der Waals surface area contributed by atoms with Crippen molar-refractivity contribution < 1.29 is 5.11 Å². The Morgan fingerprint density at radius 1 is 1.28 bits per heavy atom. The molecule has 1 aromatic heterocycles. The van der Waals surface area contributed by atoms with E-state index in [0.717, 1.165) is 17.3 Å². The van der Waals surface area contributed by atoms with Gasteiger partial charge in [-0.2, -0.15) is 0 Å². The normalized spacial score (nSPS) is 12.9. The lowest BCUT2D eigenvalue weighted by molar-refractivity contribution is 0.259. The number of aromatic nitrogens is 2. The van der Waals surface area contributed by atoms with Crippen molar-refractivity contribution in [2.45, 2.75) is 26.3 Å². The minimum atomic E-state index is 0.00571. The Kier molecular flexibility index (Phi) is 4.10. The van der Waals surface area contributed by atoms with Crippen LogP contribution in [0.3, 0.4) is 0 Å². The first-order chi connectivity index (χ1) is 8.69.